The molecule has 1 aromatic heterocycles. The van der Waals surface area contributed by atoms with Gasteiger partial charge < -0.3 is 10.5 Å². The molecule has 0 fully saturated rings. The Bertz CT molecular complexity index is 671. The third-order valence-electron chi connectivity index (χ3n) is 2.58. The first kappa shape index (κ1) is 19.1. The van der Waals surface area contributed by atoms with Gasteiger partial charge in [-0.3, -0.25) is 4.98 Å². The zero-order chi connectivity index (χ0) is 17.5. The molecule has 3 N–H and O–H groups in total. The highest BCUT2D eigenvalue weighted by atomic mass is 35.5. The van der Waals surface area contributed by atoms with Crippen molar-refractivity contribution < 1.29 is 13.2 Å². The van der Waals surface area contributed by atoms with Crippen LogP contribution < -0.4 is 10.5 Å². The molecule has 23 heavy (non-hydrogen) atoms. The largest absolute Gasteiger partial charge is 0.407 e. The van der Waals surface area contributed by atoms with E-state index < -0.39 is 12.2 Å². The van der Waals surface area contributed by atoms with Gasteiger partial charge in [0, 0.05) is 11.2 Å². The van der Waals surface area contributed by atoms with Crippen molar-refractivity contribution in [3.05, 3.63) is 58.9 Å². The van der Waals surface area contributed by atoms with Crippen LogP contribution in [0.4, 0.5) is 18.9 Å². The van der Waals surface area contributed by atoms with Crippen LogP contribution in [-0.2, 0) is 0 Å². The van der Waals surface area contributed by atoms with Crippen LogP contribution in [0.15, 0.2) is 42.7 Å². The van der Waals surface area contributed by atoms with Crippen molar-refractivity contribution in [2.24, 2.45) is 5.73 Å². The first-order chi connectivity index (χ1) is 10.8. The second kappa shape index (κ2) is 8.62. The molecule has 0 aliphatic carbocycles. The molecule has 9 heteroatoms. The molecular weight excluding hydrogens is 349 g/mol. The number of thiol groups is 1. The lowest BCUT2D eigenvalue weighted by Gasteiger charge is -2.15. The van der Waals surface area contributed by atoms with Gasteiger partial charge in [0.1, 0.15) is 12.1 Å². The lowest BCUT2D eigenvalue weighted by molar-refractivity contribution is -0.149. The van der Waals surface area contributed by atoms with Crippen molar-refractivity contribution in [1.29, 1.82) is 5.26 Å². The Morgan fingerprint density at radius 1 is 1.26 bits per heavy atom. The number of aromatic nitrogens is 1. The lowest BCUT2D eigenvalue weighted by atomic mass is 10.1. The normalized spacial score (nSPS) is 11.7. The van der Waals surface area contributed by atoms with E-state index in [0.29, 0.717) is 10.6 Å². The molecule has 1 atom stereocenters. The van der Waals surface area contributed by atoms with Gasteiger partial charge in [0.2, 0.25) is 0 Å². The molecule has 0 amide bonds. The fourth-order valence-electron chi connectivity index (χ4n) is 1.42. The molecule has 0 spiro atoms. The molecule has 2 aromatic rings. The molecule has 0 aliphatic rings. The highest BCUT2D eigenvalue weighted by Crippen LogP contribution is 2.30. The number of nitriles is 1. The molecule has 2 rings (SSSR count). The van der Waals surface area contributed by atoms with Gasteiger partial charge in [-0.2, -0.15) is 18.4 Å². The lowest BCUT2D eigenvalue weighted by Crippen LogP contribution is -2.28. The van der Waals surface area contributed by atoms with Crippen molar-refractivity contribution in [2.75, 3.05) is 4.72 Å². The van der Waals surface area contributed by atoms with E-state index in [1.807, 2.05) is 6.07 Å². The van der Waals surface area contributed by atoms with Crippen molar-refractivity contribution in [3.8, 4) is 6.07 Å². The number of nitrogens with two attached hydrogens (primary N) is 1. The summed E-state index contributed by atoms with van der Waals surface area (Å²) in [6, 6.07) is 6.98. The van der Waals surface area contributed by atoms with E-state index in [2.05, 4.69) is 22.5 Å². The standard InChI is InChI=1S/C8H7ClF3N.C6H5N3S/c9-6-3-1-5(2-4-6)7(13)8(10,11)12;7-2-5-1-6(9-10)4-8-3-5/h1-4,7H,13H2;1,3-4,9-10H/t7-;/m1./s1. The topological polar surface area (TPSA) is 74.7 Å². The van der Waals surface area contributed by atoms with Crippen molar-refractivity contribution in [2.45, 2.75) is 12.2 Å². The minimum absolute atomic E-state index is 0.0110. The average Bonchev–Trinajstić information content (AvgIpc) is 2.54. The van der Waals surface area contributed by atoms with Gasteiger partial charge in [-0.25, -0.2) is 0 Å². The van der Waals surface area contributed by atoms with Gasteiger partial charge in [-0.05, 0) is 23.8 Å². The third kappa shape index (κ3) is 6.36. The summed E-state index contributed by atoms with van der Waals surface area (Å²) in [5, 5.41) is 8.80. The highest BCUT2D eigenvalue weighted by Gasteiger charge is 2.37. The van der Waals surface area contributed by atoms with Gasteiger partial charge in [0.05, 0.1) is 17.4 Å². The first-order valence-electron chi connectivity index (χ1n) is 6.11. The minimum Gasteiger partial charge on any atom is -0.331 e. The van der Waals surface area contributed by atoms with Crippen LogP contribution in [-0.4, -0.2) is 11.2 Å². The summed E-state index contributed by atoms with van der Waals surface area (Å²) in [5.74, 6) is 0. The summed E-state index contributed by atoms with van der Waals surface area (Å²) in [4.78, 5) is 3.79. The quantitative estimate of drug-likeness (QED) is 0.704. The van der Waals surface area contributed by atoms with Crippen LogP contribution in [0, 0.1) is 11.3 Å². The van der Waals surface area contributed by atoms with Crippen molar-refractivity contribution in [1.82, 2.24) is 4.98 Å². The molecular formula is C14H12ClF3N4S. The number of benzene rings is 1. The summed E-state index contributed by atoms with van der Waals surface area (Å²) >= 11 is 9.31. The van der Waals surface area contributed by atoms with Gasteiger partial charge in [-0.1, -0.05) is 36.5 Å². The van der Waals surface area contributed by atoms with Crippen LogP contribution in [0.5, 0.6) is 0 Å². The Labute approximate surface area is 141 Å². The van der Waals surface area contributed by atoms with Gasteiger partial charge in [0.15, 0.2) is 0 Å². The minimum atomic E-state index is -4.41. The Morgan fingerprint density at radius 2 is 1.87 bits per heavy atom. The second-order valence-corrected chi connectivity index (χ2v) is 4.92. The van der Waals surface area contributed by atoms with E-state index in [1.165, 1.54) is 30.5 Å². The smallest absolute Gasteiger partial charge is 0.331 e. The van der Waals surface area contributed by atoms with Crippen molar-refractivity contribution in [3.63, 3.8) is 0 Å². The van der Waals surface area contributed by atoms with Gasteiger partial charge in [0.25, 0.3) is 0 Å². The maximum atomic E-state index is 12.1. The molecule has 1 heterocycles. The monoisotopic (exact) mass is 360 g/mol. The molecule has 0 saturated carbocycles. The van der Waals surface area contributed by atoms with Crippen LogP contribution >= 0.6 is 24.4 Å². The number of hydrogen-bond acceptors (Lipinski definition) is 5. The summed E-state index contributed by atoms with van der Waals surface area (Å²) in [7, 11) is 0. The Hall–Kier alpha value is -1.95. The highest BCUT2D eigenvalue weighted by molar-refractivity contribution is 7.81. The number of nitrogens with one attached hydrogen (secondary N) is 1. The summed E-state index contributed by atoms with van der Waals surface area (Å²) in [6.07, 6.45) is -1.32. The number of rotatable bonds is 2. The van der Waals surface area contributed by atoms with Crippen LogP contribution in [0.1, 0.15) is 17.2 Å². The molecule has 0 saturated heterocycles. The second-order valence-electron chi connectivity index (χ2n) is 4.26. The molecule has 0 aliphatic heterocycles. The number of nitrogens with zero attached hydrogens (tertiary/aromatic N) is 2. The maximum absolute atomic E-state index is 12.1. The first-order valence-corrected chi connectivity index (χ1v) is 6.93. The molecule has 0 bridgehead atoms. The van der Waals surface area contributed by atoms with Gasteiger partial charge >= 0.3 is 6.18 Å². The molecule has 0 unspecified atom stereocenters. The van der Waals surface area contributed by atoms with E-state index in [0.717, 1.165) is 5.69 Å². The summed E-state index contributed by atoms with van der Waals surface area (Å²) in [6.45, 7) is 0. The predicted molar refractivity (Wildman–Crippen MR) is 86.0 cm³/mol. The SMILES string of the molecule is N#Cc1cncc(NS)c1.N[C@H](c1ccc(Cl)cc1)C(F)(F)F. The van der Waals surface area contributed by atoms with E-state index in [-0.39, 0.29) is 5.56 Å². The molecule has 4 nitrogen and oxygen atoms in total. The van der Waals surface area contributed by atoms with Crippen LogP contribution in [0.25, 0.3) is 0 Å². The number of halogens is 4. The summed E-state index contributed by atoms with van der Waals surface area (Å²) in [5.41, 5.74) is 6.22. The zero-order valence-corrected chi connectivity index (χ0v) is 13.2. The van der Waals surface area contributed by atoms with E-state index in [1.54, 1.807) is 12.3 Å². The fraction of sp³-hybridized carbons (Fsp3) is 0.143. The molecule has 122 valence electrons. The Morgan fingerprint density at radius 3 is 2.35 bits per heavy atom. The van der Waals surface area contributed by atoms with E-state index in [4.69, 9.17) is 22.6 Å². The van der Waals surface area contributed by atoms with Crippen molar-refractivity contribution >= 4 is 30.1 Å². The number of anilines is 1. The van der Waals surface area contributed by atoms with E-state index in [9.17, 15) is 13.2 Å². The Kier molecular flexibility index (Phi) is 7.16. The molecule has 0 radical (unpaired) electrons. The predicted octanol–water partition coefficient (Wildman–Crippen LogP) is 4.11. The van der Waals surface area contributed by atoms with Crippen LogP contribution in [0.2, 0.25) is 5.02 Å². The Balaban J connectivity index is 0.000000238. The summed E-state index contributed by atoms with van der Waals surface area (Å²) < 4.78 is 38.8. The number of alkyl halides is 3. The molecule has 1 aromatic carbocycles. The van der Waals surface area contributed by atoms with E-state index >= 15 is 0 Å². The number of pyridine rings is 1. The number of hydrogen-bond donors (Lipinski definition) is 3. The zero-order valence-electron chi connectivity index (χ0n) is 11.5. The van der Waals surface area contributed by atoms with Crippen LogP contribution in [0.3, 0.4) is 0 Å². The van der Waals surface area contributed by atoms with Gasteiger partial charge in [-0.15, -0.1) is 0 Å². The maximum Gasteiger partial charge on any atom is 0.407 e. The average molecular weight is 361 g/mol. The third-order valence-corrected chi connectivity index (χ3v) is 3.09. The fourth-order valence-corrected chi connectivity index (χ4v) is 1.67.